The Morgan fingerprint density at radius 3 is 2.44 bits per heavy atom. The molecule has 94 valence electrons. The molecule has 1 heterocycles. The predicted molar refractivity (Wildman–Crippen MR) is 74.3 cm³/mol. The van der Waals surface area contributed by atoms with Gasteiger partial charge in [-0.25, -0.2) is 0 Å². The average molecular weight is 284 g/mol. The van der Waals surface area contributed by atoms with Gasteiger partial charge in [-0.15, -0.1) is 0 Å². The van der Waals surface area contributed by atoms with E-state index >= 15 is 0 Å². The van der Waals surface area contributed by atoms with Crippen LogP contribution in [0.3, 0.4) is 0 Å². The highest BCUT2D eigenvalue weighted by Gasteiger charge is 2.05. The lowest BCUT2D eigenvalue weighted by molar-refractivity contribution is 0.277. The number of nitrogens with one attached hydrogen (secondary N) is 1. The molecule has 0 unspecified atom stereocenters. The fourth-order valence-electron chi connectivity index (χ4n) is 1.47. The number of anilines is 3. The van der Waals surface area contributed by atoms with Gasteiger partial charge in [0.1, 0.15) is 0 Å². The third-order valence-corrected chi connectivity index (χ3v) is 2.97. The molecule has 2 rings (SSSR count). The van der Waals surface area contributed by atoms with Crippen LogP contribution in [0.4, 0.5) is 17.1 Å². The van der Waals surface area contributed by atoms with Gasteiger partial charge in [-0.2, -0.15) is 0 Å². The Morgan fingerprint density at radius 2 is 1.83 bits per heavy atom. The first-order valence-electron chi connectivity index (χ1n) is 5.17. The Balaban J connectivity index is 2.28. The highest BCUT2D eigenvalue weighted by Crippen LogP contribution is 2.32. The monoisotopic (exact) mass is 283 g/mol. The molecule has 18 heavy (non-hydrogen) atoms. The molecule has 0 amide bonds. The van der Waals surface area contributed by atoms with Crippen LogP contribution in [0.25, 0.3) is 0 Å². The SMILES string of the molecule is Nc1c(Cl)cc(Nc2ccnc(CO)c2)cc1Cl. The van der Waals surface area contributed by atoms with Crippen molar-refractivity contribution in [2.75, 3.05) is 11.1 Å². The second kappa shape index (κ2) is 5.44. The summed E-state index contributed by atoms with van der Waals surface area (Å²) < 4.78 is 0. The maximum absolute atomic E-state index is 9.00. The van der Waals surface area contributed by atoms with Gasteiger partial charge >= 0.3 is 0 Å². The molecule has 0 saturated carbocycles. The number of hydrogen-bond acceptors (Lipinski definition) is 4. The van der Waals surface area contributed by atoms with Crippen LogP contribution in [-0.2, 0) is 6.61 Å². The summed E-state index contributed by atoms with van der Waals surface area (Å²) in [7, 11) is 0. The number of aliphatic hydroxyl groups excluding tert-OH is 1. The van der Waals surface area contributed by atoms with Crippen molar-refractivity contribution >= 4 is 40.3 Å². The van der Waals surface area contributed by atoms with Gasteiger partial charge in [0.25, 0.3) is 0 Å². The molecule has 4 N–H and O–H groups in total. The molecule has 6 heteroatoms. The quantitative estimate of drug-likeness (QED) is 0.757. The minimum atomic E-state index is -0.112. The van der Waals surface area contributed by atoms with E-state index in [9.17, 15) is 0 Å². The summed E-state index contributed by atoms with van der Waals surface area (Å²) in [4.78, 5) is 3.99. The van der Waals surface area contributed by atoms with Gasteiger partial charge in [0.15, 0.2) is 0 Å². The lowest BCUT2D eigenvalue weighted by atomic mass is 10.2. The molecule has 0 radical (unpaired) electrons. The van der Waals surface area contributed by atoms with Crippen LogP contribution in [0.5, 0.6) is 0 Å². The number of aliphatic hydroxyl groups is 1. The van der Waals surface area contributed by atoms with E-state index in [2.05, 4.69) is 10.3 Å². The van der Waals surface area contributed by atoms with Crippen molar-refractivity contribution < 1.29 is 5.11 Å². The molecule has 0 atom stereocenters. The number of nitrogen functional groups attached to an aromatic ring is 1. The third kappa shape index (κ3) is 2.85. The molecule has 0 aliphatic carbocycles. The summed E-state index contributed by atoms with van der Waals surface area (Å²) >= 11 is 11.9. The van der Waals surface area contributed by atoms with E-state index in [4.69, 9.17) is 34.0 Å². The van der Waals surface area contributed by atoms with Gasteiger partial charge in [-0.1, -0.05) is 23.2 Å². The van der Waals surface area contributed by atoms with Crippen molar-refractivity contribution in [1.29, 1.82) is 0 Å². The Hall–Kier alpha value is -1.49. The number of rotatable bonds is 3. The van der Waals surface area contributed by atoms with Crippen molar-refractivity contribution in [2.45, 2.75) is 6.61 Å². The largest absolute Gasteiger partial charge is 0.396 e. The fourth-order valence-corrected chi connectivity index (χ4v) is 1.95. The van der Waals surface area contributed by atoms with Crippen LogP contribution in [0, 0.1) is 0 Å². The Bertz CT molecular complexity index is 552. The van der Waals surface area contributed by atoms with Crippen LogP contribution in [0.2, 0.25) is 10.0 Å². The number of halogens is 2. The molecule has 0 aliphatic rings. The molecule has 2 aromatic rings. The molecule has 0 saturated heterocycles. The van der Waals surface area contributed by atoms with Crippen molar-refractivity contribution in [3.63, 3.8) is 0 Å². The number of nitrogens with zero attached hydrogens (tertiary/aromatic N) is 1. The number of aromatic nitrogens is 1. The van der Waals surface area contributed by atoms with Gasteiger partial charge < -0.3 is 16.2 Å². The van der Waals surface area contributed by atoms with E-state index in [1.54, 1.807) is 30.5 Å². The number of benzene rings is 1. The third-order valence-electron chi connectivity index (χ3n) is 2.35. The fraction of sp³-hybridized carbons (Fsp3) is 0.0833. The van der Waals surface area contributed by atoms with E-state index in [1.165, 1.54) is 0 Å². The maximum atomic E-state index is 9.00. The number of pyridine rings is 1. The zero-order chi connectivity index (χ0) is 13.1. The summed E-state index contributed by atoms with van der Waals surface area (Å²) in [5, 5.41) is 12.9. The molecular weight excluding hydrogens is 273 g/mol. The molecular formula is C12H11Cl2N3O. The van der Waals surface area contributed by atoms with Crippen LogP contribution < -0.4 is 11.1 Å². The van der Waals surface area contributed by atoms with E-state index in [-0.39, 0.29) is 6.61 Å². The van der Waals surface area contributed by atoms with Gasteiger partial charge in [-0.3, -0.25) is 4.98 Å². The van der Waals surface area contributed by atoms with Crippen LogP contribution in [0.1, 0.15) is 5.69 Å². The molecule has 1 aromatic carbocycles. The summed E-state index contributed by atoms with van der Waals surface area (Å²) in [5.41, 5.74) is 8.09. The zero-order valence-electron chi connectivity index (χ0n) is 9.32. The lowest BCUT2D eigenvalue weighted by Gasteiger charge is -2.10. The van der Waals surface area contributed by atoms with E-state index in [0.29, 0.717) is 27.1 Å². The van der Waals surface area contributed by atoms with Gasteiger partial charge in [-0.05, 0) is 24.3 Å². The van der Waals surface area contributed by atoms with E-state index in [0.717, 1.165) is 5.69 Å². The summed E-state index contributed by atoms with van der Waals surface area (Å²) in [6.07, 6.45) is 1.61. The highest BCUT2D eigenvalue weighted by atomic mass is 35.5. The Morgan fingerprint density at radius 1 is 1.17 bits per heavy atom. The Labute approximate surface area is 114 Å². The normalized spacial score (nSPS) is 10.4. The molecule has 4 nitrogen and oxygen atoms in total. The second-order valence-corrected chi connectivity index (χ2v) is 4.49. The summed E-state index contributed by atoms with van der Waals surface area (Å²) in [6, 6.07) is 6.87. The Kier molecular flexibility index (Phi) is 3.91. The highest BCUT2D eigenvalue weighted by molar-refractivity contribution is 6.39. The first kappa shape index (κ1) is 13.0. The molecule has 0 aliphatic heterocycles. The van der Waals surface area contributed by atoms with Crippen LogP contribution >= 0.6 is 23.2 Å². The maximum Gasteiger partial charge on any atom is 0.0853 e. The van der Waals surface area contributed by atoms with Crippen molar-refractivity contribution in [2.24, 2.45) is 0 Å². The topological polar surface area (TPSA) is 71.2 Å². The van der Waals surface area contributed by atoms with Crippen LogP contribution in [0.15, 0.2) is 30.5 Å². The first-order chi connectivity index (χ1) is 8.60. The minimum absolute atomic E-state index is 0.112. The smallest absolute Gasteiger partial charge is 0.0853 e. The van der Waals surface area contributed by atoms with Gasteiger partial charge in [0, 0.05) is 17.6 Å². The molecule has 1 aromatic heterocycles. The van der Waals surface area contributed by atoms with E-state index in [1.807, 2.05) is 0 Å². The predicted octanol–water partition coefficient (Wildman–Crippen LogP) is 3.21. The van der Waals surface area contributed by atoms with Crippen molar-refractivity contribution in [1.82, 2.24) is 4.98 Å². The minimum Gasteiger partial charge on any atom is -0.396 e. The lowest BCUT2D eigenvalue weighted by Crippen LogP contribution is -1.96. The molecule has 0 bridgehead atoms. The number of nitrogens with two attached hydrogens (primary N) is 1. The average Bonchev–Trinajstić information content (AvgIpc) is 2.36. The molecule has 0 spiro atoms. The number of hydrogen-bond donors (Lipinski definition) is 3. The van der Waals surface area contributed by atoms with E-state index < -0.39 is 0 Å². The summed E-state index contributed by atoms with van der Waals surface area (Å²) in [6.45, 7) is -0.112. The van der Waals surface area contributed by atoms with Crippen LogP contribution in [-0.4, -0.2) is 10.1 Å². The van der Waals surface area contributed by atoms with Gasteiger partial charge in [0.05, 0.1) is 28.0 Å². The zero-order valence-corrected chi connectivity index (χ0v) is 10.8. The second-order valence-electron chi connectivity index (χ2n) is 3.67. The molecule has 0 fully saturated rings. The first-order valence-corrected chi connectivity index (χ1v) is 5.93. The standard InChI is InChI=1S/C12H11Cl2N3O/c13-10-4-8(5-11(14)12(10)15)17-7-1-2-16-9(3-7)6-18/h1-5,18H,6,15H2,(H,16,17). The van der Waals surface area contributed by atoms with Crippen molar-refractivity contribution in [3.05, 3.63) is 46.2 Å². The van der Waals surface area contributed by atoms with Gasteiger partial charge in [0.2, 0.25) is 0 Å². The summed E-state index contributed by atoms with van der Waals surface area (Å²) in [5.74, 6) is 0. The van der Waals surface area contributed by atoms with Crippen molar-refractivity contribution in [3.8, 4) is 0 Å².